The molecule has 166 valence electrons. The molecule has 4 rings (SSSR count). The van der Waals surface area contributed by atoms with Crippen LogP contribution >= 0.6 is 0 Å². The number of anilines is 1. The molecule has 0 spiro atoms. The van der Waals surface area contributed by atoms with Crippen LogP contribution in [0.25, 0.3) is 11.4 Å². The summed E-state index contributed by atoms with van der Waals surface area (Å²) in [6, 6.07) is 22.5. The van der Waals surface area contributed by atoms with Gasteiger partial charge < -0.3 is 15.0 Å². The summed E-state index contributed by atoms with van der Waals surface area (Å²) in [5.41, 5.74) is 3.13. The summed E-state index contributed by atoms with van der Waals surface area (Å²) in [4.78, 5) is 23.3. The second kappa shape index (κ2) is 9.91. The summed E-state index contributed by atoms with van der Waals surface area (Å²) >= 11 is 0. The van der Waals surface area contributed by atoms with Gasteiger partial charge in [-0.1, -0.05) is 12.1 Å². The minimum absolute atomic E-state index is 0.272. The lowest BCUT2D eigenvalue weighted by molar-refractivity contribution is 0.0946. The highest BCUT2D eigenvalue weighted by molar-refractivity contribution is 5.92. The second-order valence-electron chi connectivity index (χ2n) is 7.59. The summed E-state index contributed by atoms with van der Waals surface area (Å²) in [6.07, 6.45) is 1.56. The van der Waals surface area contributed by atoms with E-state index in [1.54, 1.807) is 36.5 Å². The minimum Gasteiger partial charge on any atom is -0.457 e. The summed E-state index contributed by atoms with van der Waals surface area (Å²) in [6.45, 7) is 0.404. The first-order valence-electron chi connectivity index (χ1n) is 10.4. The highest BCUT2D eigenvalue weighted by Gasteiger charge is 2.10. The maximum Gasteiger partial charge on any atom is 0.270 e. The molecule has 33 heavy (non-hydrogen) atoms. The Bertz CT molecular complexity index is 1220. The van der Waals surface area contributed by atoms with Gasteiger partial charge in [0.1, 0.15) is 23.0 Å². The fraction of sp³-hybridized carbons (Fsp3) is 0.115. The van der Waals surface area contributed by atoms with Gasteiger partial charge in [0.05, 0.1) is 0 Å². The Hall–Kier alpha value is -4.26. The van der Waals surface area contributed by atoms with Crippen LogP contribution in [-0.2, 0) is 6.54 Å². The third-order valence-electron chi connectivity index (χ3n) is 4.96. The molecule has 0 atom stereocenters. The predicted octanol–water partition coefficient (Wildman–Crippen LogP) is 5.07. The van der Waals surface area contributed by atoms with Gasteiger partial charge in [0.25, 0.3) is 5.91 Å². The Morgan fingerprint density at radius 3 is 2.18 bits per heavy atom. The van der Waals surface area contributed by atoms with Crippen LogP contribution < -0.4 is 15.0 Å². The Labute approximate surface area is 191 Å². The molecule has 0 aliphatic rings. The fourth-order valence-electron chi connectivity index (χ4n) is 3.12. The van der Waals surface area contributed by atoms with Gasteiger partial charge in [-0.05, 0) is 72.3 Å². The molecule has 0 aliphatic carbocycles. The Balaban J connectivity index is 1.40. The molecule has 0 bridgehead atoms. The highest BCUT2D eigenvalue weighted by Crippen LogP contribution is 2.24. The molecule has 1 amide bonds. The number of aromatic nitrogens is 2. The summed E-state index contributed by atoms with van der Waals surface area (Å²) in [7, 11) is 3.96. The second-order valence-corrected chi connectivity index (χ2v) is 7.59. The van der Waals surface area contributed by atoms with E-state index in [0.717, 1.165) is 16.8 Å². The van der Waals surface area contributed by atoms with Gasteiger partial charge in [0.15, 0.2) is 5.82 Å². The molecule has 0 fully saturated rings. The molecule has 0 aliphatic heterocycles. The number of rotatable bonds is 7. The van der Waals surface area contributed by atoms with Crippen LogP contribution in [0.15, 0.2) is 85.1 Å². The molecule has 6 nitrogen and oxygen atoms in total. The van der Waals surface area contributed by atoms with Gasteiger partial charge in [-0.25, -0.2) is 14.4 Å². The normalized spacial score (nSPS) is 10.5. The van der Waals surface area contributed by atoms with Crippen LogP contribution in [0.5, 0.6) is 11.5 Å². The number of hydrogen-bond donors (Lipinski definition) is 1. The van der Waals surface area contributed by atoms with Crippen molar-refractivity contribution in [1.29, 1.82) is 0 Å². The van der Waals surface area contributed by atoms with Crippen molar-refractivity contribution in [2.24, 2.45) is 0 Å². The number of nitrogens with zero attached hydrogens (tertiary/aromatic N) is 3. The van der Waals surface area contributed by atoms with Crippen molar-refractivity contribution in [3.05, 3.63) is 102 Å². The number of hydrogen-bond acceptors (Lipinski definition) is 5. The number of carbonyl (C=O) groups is 1. The first-order valence-corrected chi connectivity index (χ1v) is 10.4. The van der Waals surface area contributed by atoms with Crippen molar-refractivity contribution in [2.45, 2.75) is 6.54 Å². The van der Waals surface area contributed by atoms with E-state index in [2.05, 4.69) is 15.3 Å². The van der Waals surface area contributed by atoms with Gasteiger partial charge in [-0.15, -0.1) is 0 Å². The van der Waals surface area contributed by atoms with Crippen molar-refractivity contribution in [1.82, 2.24) is 15.3 Å². The van der Waals surface area contributed by atoms with Gasteiger partial charge in [-0.3, -0.25) is 4.79 Å². The minimum atomic E-state index is -0.319. The van der Waals surface area contributed by atoms with E-state index < -0.39 is 0 Å². The van der Waals surface area contributed by atoms with Crippen molar-refractivity contribution >= 4 is 11.6 Å². The van der Waals surface area contributed by atoms with Crippen LogP contribution in [-0.4, -0.2) is 30.0 Å². The van der Waals surface area contributed by atoms with E-state index >= 15 is 0 Å². The topological polar surface area (TPSA) is 67.4 Å². The molecule has 0 saturated carbocycles. The smallest absolute Gasteiger partial charge is 0.270 e. The van der Waals surface area contributed by atoms with E-state index in [9.17, 15) is 9.18 Å². The molecule has 0 unspecified atom stereocenters. The highest BCUT2D eigenvalue weighted by atomic mass is 19.1. The van der Waals surface area contributed by atoms with E-state index in [1.165, 1.54) is 12.1 Å². The van der Waals surface area contributed by atoms with E-state index in [1.807, 2.05) is 55.4 Å². The molecule has 1 N–H and O–H groups in total. The Morgan fingerprint density at radius 2 is 1.55 bits per heavy atom. The van der Waals surface area contributed by atoms with E-state index in [-0.39, 0.29) is 17.4 Å². The standard InChI is InChI=1S/C26H23FN4O2/c1-31(2)21-9-3-18(4-10-21)17-29-26(32)24-15-16-28-25(30-24)19-5-11-22(12-6-19)33-23-13-7-20(27)8-14-23/h3-16H,17H2,1-2H3,(H,29,32). The van der Waals surface area contributed by atoms with Crippen LogP contribution in [0.4, 0.5) is 10.1 Å². The SMILES string of the molecule is CN(C)c1ccc(CNC(=O)c2ccnc(-c3ccc(Oc4ccc(F)cc4)cc3)n2)cc1. The number of carbonyl (C=O) groups excluding carboxylic acids is 1. The zero-order valence-corrected chi connectivity index (χ0v) is 18.3. The molecule has 7 heteroatoms. The van der Waals surface area contributed by atoms with Crippen molar-refractivity contribution in [3.8, 4) is 22.9 Å². The average molecular weight is 442 g/mol. The molecule has 1 heterocycles. The lowest BCUT2D eigenvalue weighted by Gasteiger charge is -2.13. The lowest BCUT2D eigenvalue weighted by Crippen LogP contribution is -2.24. The average Bonchev–Trinajstić information content (AvgIpc) is 2.85. The monoisotopic (exact) mass is 442 g/mol. The van der Waals surface area contributed by atoms with Gasteiger partial charge >= 0.3 is 0 Å². The summed E-state index contributed by atoms with van der Waals surface area (Å²) in [5, 5.41) is 2.89. The number of halogens is 1. The maximum atomic E-state index is 13.0. The Kier molecular flexibility index (Phi) is 6.59. The zero-order chi connectivity index (χ0) is 23.2. The summed E-state index contributed by atoms with van der Waals surface area (Å²) < 4.78 is 18.7. The van der Waals surface area contributed by atoms with Crippen molar-refractivity contribution in [2.75, 3.05) is 19.0 Å². The zero-order valence-electron chi connectivity index (χ0n) is 18.3. The van der Waals surface area contributed by atoms with Crippen LogP contribution in [0.3, 0.4) is 0 Å². The molecule has 4 aromatic rings. The molecule has 0 saturated heterocycles. The first-order chi connectivity index (χ1) is 16.0. The van der Waals surface area contributed by atoms with Gasteiger partial charge in [0, 0.05) is 38.1 Å². The van der Waals surface area contributed by atoms with Crippen molar-refractivity contribution < 1.29 is 13.9 Å². The largest absolute Gasteiger partial charge is 0.457 e. The summed E-state index contributed by atoms with van der Waals surface area (Å²) in [5.74, 6) is 0.980. The molecule has 1 aromatic heterocycles. The van der Waals surface area contributed by atoms with Crippen LogP contribution in [0.1, 0.15) is 16.1 Å². The Morgan fingerprint density at radius 1 is 0.909 bits per heavy atom. The fourth-order valence-corrected chi connectivity index (χ4v) is 3.12. The number of benzene rings is 3. The third-order valence-corrected chi connectivity index (χ3v) is 4.96. The molecular weight excluding hydrogens is 419 g/mol. The van der Waals surface area contributed by atoms with E-state index in [4.69, 9.17) is 4.74 Å². The van der Waals surface area contributed by atoms with E-state index in [0.29, 0.717) is 23.9 Å². The maximum absolute atomic E-state index is 13.0. The van der Waals surface area contributed by atoms with Crippen LogP contribution in [0.2, 0.25) is 0 Å². The molecular formula is C26H23FN4O2. The van der Waals surface area contributed by atoms with Crippen LogP contribution in [0, 0.1) is 5.82 Å². The van der Waals surface area contributed by atoms with Gasteiger partial charge in [-0.2, -0.15) is 0 Å². The third kappa shape index (κ3) is 5.71. The van der Waals surface area contributed by atoms with Gasteiger partial charge in [0.2, 0.25) is 0 Å². The number of amides is 1. The predicted molar refractivity (Wildman–Crippen MR) is 126 cm³/mol. The first kappa shape index (κ1) is 22.0. The number of ether oxygens (including phenoxy) is 1. The van der Waals surface area contributed by atoms with Crippen molar-refractivity contribution in [3.63, 3.8) is 0 Å². The quantitative estimate of drug-likeness (QED) is 0.433. The molecule has 0 radical (unpaired) electrons. The molecule has 3 aromatic carbocycles. The lowest BCUT2D eigenvalue weighted by atomic mass is 10.2. The number of nitrogens with one attached hydrogen (secondary N) is 1.